The van der Waals surface area contributed by atoms with Crippen molar-refractivity contribution in [1.29, 1.82) is 0 Å². The van der Waals surface area contributed by atoms with Gasteiger partial charge in [-0.25, -0.2) is 0 Å². The van der Waals surface area contributed by atoms with E-state index in [9.17, 15) is 4.79 Å². The van der Waals surface area contributed by atoms with Crippen LogP contribution in [0, 0.1) is 0 Å². The summed E-state index contributed by atoms with van der Waals surface area (Å²) < 4.78 is 0. The molecule has 2 rings (SSSR count). The van der Waals surface area contributed by atoms with Gasteiger partial charge in [0.25, 0.3) is 0 Å². The van der Waals surface area contributed by atoms with Gasteiger partial charge >= 0.3 is 0 Å². The molecule has 0 aromatic heterocycles. The maximum absolute atomic E-state index is 12.1. The van der Waals surface area contributed by atoms with Gasteiger partial charge in [0.1, 0.15) is 0 Å². The predicted molar refractivity (Wildman–Crippen MR) is 86.0 cm³/mol. The topological polar surface area (TPSA) is 52.6 Å². The van der Waals surface area contributed by atoms with E-state index in [2.05, 4.69) is 10.2 Å². The monoisotopic (exact) mass is 330 g/mol. The highest BCUT2D eigenvalue weighted by molar-refractivity contribution is 6.42. The number of amides is 1. The smallest absolute Gasteiger partial charge is 0.238 e. The van der Waals surface area contributed by atoms with Crippen molar-refractivity contribution in [2.45, 2.75) is 31.7 Å². The first-order chi connectivity index (χ1) is 10.1. The first-order valence-corrected chi connectivity index (χ1v) is 7.95. The lowest BCUT2D eigenvalue weighted by molar-refractivity contribution is -0.117. The third-order valence-electron chi connectivity index (χ3n) is 3.74. The van der Waals surface area contributed by atoms with E-state index in [0.29, 0.717) is 28.3 Å². The van der Waals surface area contributed by atoms with E-state index in [1.807, 2.05) is 0 Å². The van der Waals surface area contributed by atoms with Crippen LogP contribution in [0.3, 0.4) is 0 Å². The zero-order valence-corrected chi connectivity index (χ0v) is 13.3. The summed E-state index contributed by atoms with van der Waals surface area (Å²) in [5.74, 6) is -0.0516. The quantitative estimate of drug-likeness (QED) is 0.842. The fourth-order valence-electron chi connectivity index (χ4n) is 2.72. The molecule has 0 bridgehead atoms. The van der Waals surface area contributed by atoms with Crippen molar-refractivity contribution in [3.05, 3.63) is 28.2 Å². The third kappa shape index (κ3) is 4.85. The predicted octanol–water partition coefficient (Wildman–Crippen LogP) is 3.17. The summed E-state index contributed by atoms with van der Waals surface area (Å²) in [6, 6.07) is 5.45. The number of nitrogens with one attached hydrogen (secondary N) is 1. The van der Waals surface area contributed by atoms with Gasteiger partial charge in [-0.1, -0.05) is 23.2 Å². The molecule has 1 aromatic rings. The number of benzene rings is 1. The summed E-state index contributed by atoms with van der Waals surface area (Å²) in [5, 5.41) is 12.7. The highest BCUT2D eigenvalue weighted by Gasteiger charge is 2.25. The maximum atomic E-state index is 12.1. The number of carbonyl (C=O) groups excluding carboxylic acids is 1. The summed E-state index contributed by atoms with van der Waals surface area (Å²) in [6.07, 6.45) is 3.93. The number of aliphatic hydroxyl groups is 1. The van der Waals surface area contributed by atoms with Crippen LogP contribution in [-0.2, 0) is 4.79 Å². The van der Waals surface area contributed by atoms with Crippen molar-refractivity contribution < 1.29 is 9.90 Å². The van der Waals surface area contributed by atoms with Crippen LogP contribution in [0.1, 0.15) is 25.7 Å². The van der Waals surface area contributed by atoms with Crippen LogP contribution in [0.15, 0.2) is 18.2 Å². The average molecular weight is 331 g/mol. The second kappa shape index (κ2) is 7.99. The van der Waals surface area contributed by atoms with E-state index in [0.717, 1.165) is 32.2 Å². The van der Waals surface area contributed by atoms with Crippen LogP contribution in [0.4, 0.5) is 5.69 Å². The second-order valence-electron chi connectivity index (χ2n) is 5.31. The van der Waals surface area contributed by atoms with E-state index in [-0.39, 0.29) is 12.5 Å². The molecular weight excluding hydrogens is 311 g/mol. The standard InChI is InChI=1S/C15H20Cl2N2O2/c16-13-6-5-11(9-14(13)17)18-15(21)10-19-7-1-3-12(19)4-2-8-20/h5-6,9,12,20H,1-4,7-8,10H2,(H,18,21). The first-order valence-electron chi connectivity index (χ1n) is 7.20. The fraction of sp³-hybridized carbons (Fsp3) is 0.533. The Hall–Kier alpha value is -0.810. The average Bonchev–Trinajstić information content (AvgIpc) is 2.87. The zero-order valence-electron chi connectivity index (χ0n) is 11.8. The highest BCUT2D eigenvalue weighted by Crippen LogP contribution is 2.25. The molecule has 1 heterocycles. The van der Waals surface area contributed by atoms with Gasteiger partial charge in [0.2, 0.25) is 5.91 Å². The molecule has 0 radical (unpaired) electrons. The Morgan fingerprint density at radius 3 is 2.90 bits per heavy atom. The number of nitrogens with zero attached hydrogens (tertiary/aromatic N) is 1. The molecule has 116 valence electrons. The van der Waals surface area contributed by atoms with Crippen LogP contribution in [0.25, 0.3) is 0 Å². The summed E-state index contributed by atoms with van der Waals surface area (Å²) in [7, 11) is 0. The SMILES string of the molecule is O=C(CN1CCCC1CCCO)Nc1ccc(Cl)c(Cl)c1. The molecule has 2 N–H and O–H groups in total. The van der Waals surface area contributed by atoms with Gasteiger partial charge in [-0.15, -0.1) is 0 Å². The minimum atomic E-state index is -0.0516. The summed E-state index contributed by atoms with van der Waals surface area (Å²) in [5.41, 5.74) is 0.653. The Balaban J connectivity index is 1.87. The Morgan fingerprint density at radius 2 is 2.19 bits per heavy atom. The van der Waals surface area contributed by atoms with Gasteiger partial charge in [-0.3, -0.25) is 9.69 Å². The number of likely N-dealkylation sites (tertiary alicyclic amines) is 1. The zero-order chi connectivity index (χ0) is 15.2. The molecule has 21 heavy (non-hydrogen) atoms. The van der Waals surface area contributed by atoms with Gasteiger partial charge in [0, 0.05) is 18.3 Å². The molecular formula is C15H20Cl2N2O2. The van der Waals surface area contributed by atoms with Gasteiger partial charge < -0.3 is 10.4 Å². The van der Waals surface area contributed by atoms with Gasteiger partial charge in [-0.2, -0.15) is 0 Å². The third-order valence-corrected chi connectivity index (χ3v) is 4.48. The van der Waals surface area contributed by atoms with E-state index >= 15 is 0 Å². The molecule has 4 nitrogen and oxygen atoms in total. The summed E-state index contributed by atoms with van der Waals surface area (Å²) in [4.78, 5) is 14.3. The normalized spacial score (nSPS) is 18.9. The van der Waals surface area contributed by atoms with Crippen LogP contribution < -0.4 is 5.32 Å². The number of rotatable bonds is 6. The molecule has 1 aliphatic heterocycles. The molecule has 6 heteroatoms. The summed E-state index contributed by atoms with van der Waals surface area (Å²) in [6.45, 7) is 1.51. The van der Waals surface area contributed by atoms with Crippen LogP contribution in [0.2, 0.25) is 10.0 Å². The Kier molecular flexibility index (Phi) is 6.30. The Labute approximate surface area is 135 Å². The molecule has 1 aromatic carbocycles. The number of hydrogen-bond acceptors (Lipinski definition) is 3. The molecule has 1 fully saturated rings. The highest BCUT2D eigenvalue weighted by atomic mass is 35.5. The van der Waals surface area contributed by atoms with Crippen molar-refractivity contribution in [2.75, 3.05) is 25.0 Å². The Morgan fingerprint density at radius 1 is 1.38 bits per heavy atom. The molecule has 0 aliphatic carbocycles. The first kappa shape index (κ1) is 16.6. The van der Waals surface area contributed by atoms with Gasteiger partial charge in [-0.05, 0) is 50.4 Å². The largest absolute Gasteiger partial charge is 0.396 e. The molecule has 0 spiro atoms. The summed E-state index contributed by atoms with van der Waals surface area (Å²) >= 11 is 11.8. The van der Waals surface area contributed by atoms with Crippen molar-refractivity contribution in [3.8, 4) is 0 Å². The van der Waals surface area contributed by atoms with Crippen LogP contribution in [-0.4, -0.2) is 41.7 Å². The van der Waals surface area contributed by atoms with Crippen molar-refractivity contribution in [2.24, 2.45) is 0 Å². The number of carbonyl (C=O) groups is 1. The van der Waals surface area contributed by atoms with Crippen molar-refractivity contribution in [1.82, 2.24) is 4.90 Å². The molecule has 1 unspecified atom stereocenters. The van der Waals surface area contributed by atoms with E-state index in [1.165, 1.54) is 0 Å². The van der Waals surface area contributed by atoms with Crippen LogP contribution in [0.5, 0.6) is 0 Å². The van der Waals surface area contributed by atoms with Gasteiger partial charge in [0.05, 0.1) is 16.6 Å². The number of halogens is 2. The fourth-order valence-corrected chi connectivity index (χ4v) is 3.01. The lowest BCUT2D eigenvalue weighted by Crippen LogP contribution is -2.36. The minimum absolute atomic E-state index is 0.0516. The molecule has 0 saturated carbocycles. The Bertz CT molecular complexity index is 497. The van der Waals surface area contributed by atoms with E-state index in [1.54, 1.807) is 18.2 Å². The van der Waals surface area contributed by atoms with E-state index in [4.69, 9.17) is 28.3 Å². The molecule has 1 aliphatic rings. The molecule has 1 amide bonds. The van der Waals surface area contributed by atoms with Crippen molar-refractivity contribution in [3.63, 3.8) is 0 Å². The maximum Gasteiger partial charge on any atom is 0.238 e. The lowest BCUT2D eigenvalue weighted by atomic mass is 10.1. The number of hydrogen-bond donors (Lipinski definition) is 2. The van der Waals surface area contributed by atoms with E-state index < -0.39 is 0 Å². The van der Waals surface area contributed by atoms with Gasteiger partial charge in [0.15, 0.2) is 0 Å². The number of aliphatic hydroxyl groups excluding tert-OH is 1. The molecule has 1 saturated heterocycles. The second-order valence-corrected chi connectivity index (χ2v) is 6.12. The minimum Gasteiger partial charge on any atom is -0.396 e. The number of anilines is 1. The van der Waals surface area contributed by atoms with Crippen LogP contribution >= 0.6 is 23.2 Å². The molecule has 1 atom stereocenters. The lowest BCUT2D eigenvalue weighted by Gasteiger charge is -2.23. The van der Waals surface area contributed by atoms with Crippen molar-refractivity contribution >= 4 is 34.8 Å².